The molecule has 1 unspecified atom stereocenters. The van der Waals surface area contributed by atoms with E-state index in [1.54, 1.807) is 37.6 Å². The molecule has 0 aliphatic carbocycles. The molecule has 38 heavy (non-hydrogen) atoms. The van der Waals surface area contributed by atoms with Crippen molar-refractivity contribution in [1.82, 2.24) is 15.2 Å². The van der Waals surface area contributed by atoms with E-state index in [0.29, 0.717) is 55.1 Å². The normalized spacial score (nSPS) is 14.7. The standard InChI is InChI=1S/C27H25Cl2N5O4/c1-36-23-9-18-21(8-17(23)15-7-25(38-14-15)27(35)34-5-3-31-4-6-34)32-13-16(12-30)26(18)33-22-11-24(37-2)20(29)10-19(22)28/h7-11,13-14,27,31,35H,3-6H2,1-2H3,(H,32,33). The number of piperazine rings is 1. The van der Waals surface area contributed by atoms with E-state index in [4.69, 9.17) is 37.1 Å². The number of anilines is 2. The topological polar surface area (TPSA) is 116 Å². The van der Waals surface area contributed by atoms with Crippen molar-refractivity contribution in [3.05, 3.63) is 64.2 Å². The largest absolute Gasteiger partial charge is 0.496 e. The van der Waals surface area contributed by atoms with E-state index in [2.05, 4.69) is 21.7 Å². The number of nitriles is 1. The molecule has 3 heterocycles. The van der Waals surface area contributed by atoms with Gasteiger partial charge in [-0.3, -0.25) is 9.88 Å². The van der Waals surface area contributed by atoms with Gasteiger partial charge in [-0.2, -0.15) is 5.26 Å². The summed E-state index contributed by atoms with van der Waals surface area (Å²) in [6, 6.07) is 10.9. The van der Waals surface area contributed by atoms with Gasteiger partial charge in [0.2, 0.25) is 0 Å². The minimum Gasteiger partial charge on any atom is -0.496 e. The first-order chi connectivity index (χ1) is 18.4. The molecule has 1 aliphatic rings. The SMILES string of the molecule is COc1cc(Nc2c(C#N)cnc3cc(-c4coc(C(O)N5CCNCC5)c4)c(OC)cc23)c(Cl)cc1Cl. The van der Waals surface area contributed by atoms with Crippen LogP contribution in [-0.2, 0) is 0 Å². The molecule has 0 bridgehead atoms. The molecule has 0 radical (unpaired) electrons. The van der Waals surface area contributed by atoms with Gasteiger partial charge in [0, 0.05) is 55.0 Å². The van der Waals surface area contributed by atoms with Gasteiger partial charge in [0.1, 0.15) is 23.3 Å². The van der Waals surface area contributed by atoms with Crippen molar-refractivity contribution in [3.8, 4) is 28.7 Å². The van der Waals surface area contributed by atoms with Gasteiger partial charge in [0.25, 0.3) is 0 Å². The number of methoxy groups -OCH3 is 2. The highest BCUT2D eigenvalue weighted by atomic mass is 35.5. The second-order valence-electron chi connectivity index (χ2n) is 8.72. The van der Waals surface area contributed by atoms with Gasteiger partial charge in [0.05, 0.1) is 53.0 Å². The Labute approximate surface area is 229 Å². The Morgan fingerprint density at radius 3 is 2.58 bits per heavy atom. The first-order valence-electron chi connectivity index (χ1n) is 11.9. The third-order valence-corrected chi connectivity index (χ3v) is 7.10. The molecule has 9 nitrogen and oxygen atoms in total. The molecular weight excluding hydrogens is 529 g/mol. The van der Waals surface area contributed by atoms with Crippen LogP contribution in [0.3, 0.4) is 0 Å². The summed E-state index contributed by atoms with van der Waals surface area (Å²) in [7, 11) is 3.08. The number of rotatable bonds is 7. The van der Waals surface area contributed by atoms with Crippen molar-refractivity contribution in [2.24, 2.45) is 0 Å². The number of furan rings is 1. The molecule has 3 N–H and O–H groups in total. The minimum absolute atomic E-state index is 0.321. The van der Waals surface area contributed by atoms with Crippen molar-refractivity contribution >= 4 is 45.5 Å². The fourth-order valence-corrected chi connectivity index (χ4v) is 4.99. The van der Waals surface area contributed by atoms with Gasteiger partial charge >= 0.3 is 0 Å². The average molecular weight is 554 g/mol. The number of nitrogens with one attached hydrogen (secondary N) is 2. The predicted molar refractivity (Wildman–Crippen MR) is 146 cm³/mol. The van der Waals surface area contributed by atoms with E-state index < -0.39 is 6.23 Å². The molecule has 1 aliphatic heterocycles. The maximum atomic E-state index is 10.8. The number of halogens is 2. The van der Waals surface area contributed by atoms with E-state index in [-0.39, 0.29) is 0 Å². The Hall–Kier alpha value is -3.52. The quantitative estimate of drug-likeness (QED) is 0.279. The highest BCUT2D eigenvalue weighted by Gasteiger charge is 2.24. The fraction of sp³-hybridized carbons (Fsp3) is 0.259. The molecule has 2 aromatic heterocycles. The van der Waals surface area contributed by atoms with Crippen LogP contribution in [0.1, 0.15) is 17.6 Å². The van der Waals surface area contributed by atoms with Gasteiger partial charge < -0.3 is 29.6 Å². The number of ether oxygens (including phenoxy) is 2. The monoisotopic (exact) mass is 553 g/mol. The zero-order valence-electron chi connectivity index (χ0n) is 20.7. The molecule has 5 rings (SSSR count). The summed E-state index contributed by atoms with van der Waals surface area (Å²) in [4.78, 5) is 6.46. The van der Waals surface area contributed by atoms with Gasteiger partial charge in [-0.25, -0.2) is 0 Å². The van der Waals surface area contributed by atoms with Crippen LogP contribution in [0.15, 0.2) is 47.2 Å². The molecule has 1 atom stereocenters. The van der Waals surface area contributed by atoms with Gasteiger partial charge in [0.15, 0.2) is 6.23 Å². The summed E-state index contributed by atoms with van der Waals surface area (Å²) >= 11 is 12.6. The van der Waals surface area contributed by atoms with Crippen LogP contribution in [0, 0.1) is 11.3 Å². The van der Waals surface area contributed by atoms with Crippen LogP contribution < -0.4 is 20.1 Å². The van der Waals surface area contributed by atoms with Gasteiger partial charge in [-0.1, -0.05) is 23.2 Å². The lowest BCUT2D eigenvalue weighted by atomic mass is 10.0. The van der Waals surface area contributed by atoms with Crippen LogP contribution in [0.4, 0.5) is 11.4 Å². The van der Waals surface area contributed by atoms with E-state index in [1.807, 2.05) is 11.0 Å². The zero-order valence-corrected chi connectivity index (χ0v) is 22.2. The number of hydrogen-bond acceptors (Lipinski definition) is 9. The first kappa shape index (κ1) is 26.1. The number of nitrogens with zero attached hydrogens (tertiary/aromatic N) is 3. The highest BCUT2D eigenvalue weighted by Crippen LogP contribution is 2.41. The summed E-state index contributed by atoms with van der Waals surface area (Å²) in [5.41, 5.74) is 3.43. The van der Waals surface area contributed by atoms with Crippen molar-refractivity contribution < 1.29 is 19.0 Å². The van der Waals surface area contributed by atoms with Gasteiger partial charge in [-0.05, 0) is 24.3 Å². The molecular formula is C27H25Cl2N5O4. The second-order valence-corrected chi connectivity index (χ2v) is 9.53. The molecule has 0 spiro atoms. The number of hydrogen-bond donors (Lipinski definition) is 3. The highest BCUT2D eigenvalue weighted by molar-refractivity contribution is 6.37. The summed E-state index contributed by atoms with van der Waals surface area (Å²) < 4.78 is 16.8. The van der Waals surface area contributed by atoms with E-state index in [9.17, 15) is 10.4 Å². The maximum Gasteiger partial charge on any atom is 0.166 e. The van der Waals surface area contributed by atoms with Crippen molar-refractivity contribution in [2.75, 3.05) is 45.7 Å². The molecule has 1 fully saturated rings. The molecule has 196 valence electrons. The molecule has 4 aromatic rings. The molecule has 11 heteroatoms. The number of aliphatic hydroxyl groups is 1. The molecule has 1 saturated heterocycles. The average Bonchev–Trinajstić information content (AvgIpc) is 3.44. The van der Waals surface area contributed by atoms with Crippen LogP contribution in [0.2, 0.25) is 10.0 Å². The Bertz CT molecular complexity index is 1530. The number of aromatic nitrogens is 1. The summed E-state index contributed by atoms with van der Waals surface area (Å²) in [6.07, 6.45) is 2.25. The van der Waals surface area contributed by atoms with Crippen molar-refractivity contribution in [3.63, 3.8) is 0 Å². The fourth-order valence-electron chi connectivity index (χ4n) is 4.49. The number of fused-ring (bicyclic) bond motifs is 1. The van der Waals surface area contributed by atoms with Crippen LogP contribution >= 0.6 is 23.2 Å². The van der Waals surface area contributed by atoms with Crippen LogP contribution in [-0.4, -0.2) is 55.4 Å². The molecule has 0 amide bonds. The first-order valence-corrected chi connectivity index (χ1v) is 12.6. The Balaban J connectivity index is 1.56. The maximum absolute atomic E-state index is 10.8. The third-order valence-electron chi connectivity index (χ3n) is 6.49. The Morgan fingerprint density at radius 1 is 1.11 bits per heavy atom. The third kappa shape index (κ3) is 4.97. The van der Waals surface area contributed by atoms with E-state index >= 15 is 0 Å². The predicted octanol–water partition coefficient (Wildman–Crippen LogP) is 5.33. The smallest absolute Gasteiger partial charge is 0.166 e. The number of aliphatic hydroxyl groups excluding tert-OH is 1. The zero-order chi connectivity index (χ0) is 26.8. The summed E-state index contributed by atoms with van der Waals surface area (Å²) in [5.74, 6) is 1.43. The minimum atomic E-state index is -0.842. The molecule has 0 saturated carbocycles. The van der Waals surface area contributed by atoms with Crippen molar-refractivity contribution in [1.29, 1.82) is 5.26 Å². The van der Waals surface area contributed by atoms with Crippen molar-refractivity contribution in [2.45, 2.75) is 6.23 Å². The lowest BCUT2D eigenvalue weighted by Gasteiger charge is -2.30. The van der Waals surface area contributed by atoms with Gasteiger partial charge in [-0.15, -0.1) is 0 Å². The Kier molecular flexibility index (Phi) is 7.61. The van der Waals surface area contributed by atoms with Crippen LogP contribution in [0.25, 0.3) is 22.0 Å². The molecule has 2 aromatic carbocycles. The van der Waals surface area contributed by atoms with Crippen LogP contribution in [0.5, 0.6) is 11.5 Å². The summed E-state index contributed by atoms with van der Waals surface area (Å²) in [6.45, 7) is 3.07. The lowest BCUT2D eigenvalue weighted by molar-refractivity contribution is -0.0204. The Morgan fingerprint density at radius 2 is 1.87 bits per heavy atom. The van der Waals surface area contributed by atoms with E-state index in [1.165, 1.54) is 13.3 Å². The lowest BCUT2D eigenvalue weighted by Crippen LogP contribution is -2.45. The number of benzene rings is 2. The van der Waals surface area contributed by atoms with E-state index in [0.717, 1.165) is 37.3 Å². The summed E-state index contributed by atoms with van der Waals surface area (Å²) in [5, 5.41) is 28.5. The second kappa shape index (κ2) is 11.1. The number of pyridine rings is 1.